The summed E-state index contributed by atoms with van der Waals surface area (Å²) in [4.78, 5) is 4.69. The molecule has 0 spiro atoms. The van der Waals surface area contributed by atoms with E-state index in [-0.39, 0.29) is 0 Å². The van der Waals surface area contributed by atoms with Gasteiger partial charge < -0.3 is 10.6 Å². The Bertz CT molecular complexity index is 376. The van der Waals surface area contributed by atoms with E-state index in [9.17, 15) is 0 Å². The van der Waals surface area contributed by atoms with E-state index in [2.05, 4.69) is 48.2 Å². The average Bonchev–Trinajstić information content (AvgIpc) is 2.39. The Morgan fingerprint density at radius 2 is 2.17 bits per heavy atom. The lowest BCUT2D eigenvalue weighted by atomic mass is 10.0. The third-order valence-electron chi connectivity index (χ3n) is 3.83. The number of nitrogens with two attached hydrogens (primary N) is 1. The Morgan fingerprint density at radius 3 is 2.89 bits per heavy atom. The van der Waals surface area contributed by atoms with Crippen molar-refractivity contribution in [1.29, 1.82) is 0 Å². The lowest BCUT2D eigenvalue weighted by Gasteiger charge is -2.35. The minimum absolute atomic E-state index is 0.571. The highest BCUT2D eigenvalue weighted by atomic mass is 15.2. The van der Waals surface area contributed by atoms with Crippen LogP contribution >= 0.6 is 0 Å². The molecule has 0 unspecified atom stereocenters. The largest absolute Gasteiger partial charge is 0.378 e. The average molecular weight is 247 g/mol. The van der Waals surface area contributed by atoms with Gasteiger partial charge in [0, 0.05) is 38.9 Å². The Labute approximate surface area is 111 Å². The zero-order valence-electron chi connectivity index (χ0n) is 11.6. The van der Waals surface area contributed by atoms with Crippen LogP contribution in [0.1, 0.15) is 24.8 Å². The van der Waals surface area contributed by atoms with Gasteiger partial charge in [0.05, 0.1) is 0 Å². The van der Waals surface area contributed by atoms with E-state index in [1.54, 1.807) is 0 Å². The van der Waals surface area contributed by atoms with Gasteiger partial charge >= 0.3 is 0 Å². The van der Waals surface area contributed by atoms with E-state index in [4.69, 9.17) is 5.73 Å². The molecule has 1 aromatic rings. The van der Waals surface area contributed by atoms with Crippen LogP contribution in [0.4, 0.5) is 5.69 Å². The molecular formula is C15H25N3. The predicted octanol–water partition coefficient (Wildman–Crippen LogP) is 2.07. The van der Waals surface area contributed by atoms with Crippen molar-refractivity contribution in [3.8, 4) is 0 Å². The first-order valence-electron chi connectivity index (χ1n) is 6.91. The Balaban J connectivity index is 2.05. The van der Waals surface area contributed by atoms with Crippen molar-refractivity contribution in [3.63, 3.8) is 0 Å². The van der Waals surface area contributed by atoms with Gasteiger partial charge in [-0.2, -0.15) is 0 Å². The van der Waals surface area contributed by atoms with Crippen molar-refractivity contribution in [2.45, 2.75) is 31.8 Å². The molecule has 3 heteroatoms. The maximum atomic E-state index is 5.88. The maximum absolute atomic E-state index is 5.88. The predicted molar refractivity (Wildman–Crippen MR) is 77.9 cm³/mol. The van der Waals surface area contributed by atoms with Crippen LogP contribution in [-0.2, 0) is 6.54 Å². The second kappa shape index (κ2) is 6.21. The molecule has 0 bridgehead atoms. The minimum atomic E-state index is 0.571. The highest BCUT2D eigenvalue weighted by Crippen LogP contribution is 2.21. The Hall–Kier alpha value is -1.06. The van der Waals surface area contributed by atoms with Gasteiger partial charge in [0.1, 0.15) is 0 Å². The van der Waals surface area contributed by atoms with Crippen LogP contribution in [0, 0.1) is 0 Å². The summed E-state index contributed by atoms with van der Waals surface area (Å²) in [7, 11) is 4.17. The molecular weight excluding hydrogens is 222 g/mol. The normalized spacial score (nSPS) is 20.9. The first kappa shape index (κ1) is 13.4. The molecule has 0 aliphatic carbocycles. The van der Waals surface area contributed by atoms with Crippen molar-refractivity contribution in [3.05, 3.63) is 29.8 Å². The number of likely N-dealkylation sites (tertiary alicyclic amines) is 1. The van der Waals surface area contributed by atoms with Gasteiger partial charge in [0.15, 0.2) is 0 Å². The molecule has 1 aliphatic rings. The fraction of sp³-hybridized carbons (Fsp3) is 0.600. The van der Waals surface area contributed by atoms with Crippen LogP contribution < -0.4 is 10.6 Å². The summed E-state index contributed by atoms with van der Waals surface area (Å²) in [6.45, 7) is 3.00. The zero-order chi connectivity index (χ0) is 13.0. The smallest absolute Gasteiger partial charge is 0.0364 e. The quantitative estimate of drug-likeness (QED) is 0.884. The monoisotopic (exact) mass is 247 g/mol. The highest BCUT2D eigenvalue weighted by molar-refractivity contribution is 5.47. The van der Waals surface area contributed by atoms with Crippen molar-refractivity contribution in [2.24, 2.45) is 5.73 Å². The first-order valence-corrected chi connectivity index (χ1v) is 6.91. The van der Waals surface area contributed by atoms with Crippen molar-refractivity contribution >= 4 is 5.69 Å². The molecule has 0 amide bonds. The first-order chi connectivity index (χ1) is 8.70. The van der Waals surface area contributed by atoms with E-state index in [0.717, 1.165) is 13.1 Å². The highest BCUT2D eigenvalue weighted by Gasteiger charge is 2.20. The third-order valence-corrected chi connectivity index (χ3v) is 3.83. The van der Waals surface area contributed by atoms with E-state index in [1.807, 2.05) is 0 Å². The summed E-state index contributed by atoms with van der Waals surface area (Å²) >= 11 is 0. The van der Waals surface area contributed by atoms with E-state index < -0.39 is 0 Å². The fourth-order valence-electron chi connectivity index (χ4n) is 2.70. The lowest BCUT2D eigenvalue weighted by Crippen LogP contribution is -2.43. The van der Waals surface area contributed by atoms with Crippen LogP contribution in [0.25, 0.3) is 0 Å². The Kier molecular flexibility index (Phi) is 4.61. The number of anilines is 1. The van der Waals surface area contributed by atoms with Gasteiger partial charge in [0.25, 0.3) is 0 Å². The molecule has 2 N–H and O–H groups in total. The van der Waals surface area contributed by atoms with Crippen LogP contribution in [0.3, 0.4) is 0 Å². The molecule has 0 saturated carbocycles. The molecule has 1 fully saturated rings. The van der Waals surface area contributed by atoms with Gasteiger partial charge in [0.2, 0.25) is 0 Å². The molecule has 100 valence electrons. The van der Waals surface area contributed by atoms with E-state index >= 15 is 0 Å². The molecule has 1 aliphatic heterocycles. The summed E-state index contributed by atoms with van der Waals surface area (Å²) in [6, 6.07) is 9.37. The Morgan fingerprint density at radius 1 is 1.33 bits per heavy atom. The van der Waals surface area contributed by atoms with Crippen LogP contribution in [0.5, 0.6) is 0 Å². The maximum Gasteiger partial charge on any atom is 0.0364 e. The van der Waals surface area contributed by atoms with Gasteiger partial charge in [-0.15, -0.1) is 0 Å². The molecule has 1 atom stereocenters. The summed E-state index contributed by atoms with van der Waals surface area (Å²) in [5, 5.41) is 0. The number of hydrogen-bond acceptors (Lipinski definition) is 3. The van der Waals surface area contributed by atoms with Crippen molar-refractivity contribution in [2.75, 3.05) is 32.1 Å². The summed E-state index contributed by atoms with van der Waals surface area (Å²) < 4.78 is 0. The number of piperidine rings is 1. The summed E-state index contributed by atoms with van der Waals surface area (Å²) in [6.07, 6.45) is 3.89. The van der Waals surface area contributed by atoms with Crippen molar-refractivity contribution in [1.82, 2.24) is 4.90 Å². The second-order valence-corrected chi connectivity index (χ2v) is 5.42. The summed E-state index contributed by atoms with van der Waals surface area (Å²) in [5.74, 6) is 0. The van der Waals surface area contributed by atoms with Gasteiger partial charge in [-0.05, 0) is 37.1 Å². The van der Waals surface area contributed by atoms with Crippen LogP contribution in [-0.4, -0.2) is 38.1 Å². The van der Waals surface area contributed by atoms with Crippen LogP contribution in [0.2, 0.25) is 0 Å². The van der Waals surface area contributed by atoms with E-state index in [1.165, 1.54) is 37.1 Å². The third kappa shape index (κ3) is 3.24. The van der Waals surface area contributed by atoms with Gasteiger partial charge in [-0.3, -0.25) is 4.90 Å². The number of rotatable bonds is 4. The molecule has 18 heavy (non-hydrogen) atoms. The zero-order valence-corrected chi connectivity index (χ0v) is 11.6. The fourth-order valence-corrected chi connectivity index (χ4v) is 2.70. The van der Waals surface area contributed by atoms with Gasteiger partial charge in [-0.25, -0.2) is 0 Å². The van der Waals surface area contributed by atoms with Gasteiger partial charge in [-0.1, -0.05) is 18.6 Å². The van der Waals surface area contributed by atoms with Crippen molar-refractivity contribution < 1.29 is 0 Å². The summed E-state index contributed by atoms with van der Waals surface area (Å²) in [5.41, 5.74) is 8.54. The SMILES string of the molecule is CN(C)c1cccc(CN2CCCC[C@H]2CN)c1. The molecule has 1 saturated heterocycles. The molecule has 0 aromatic heterocycles. The number of benzene rings is 1. The number of nitrogens with zero attached hydrogens (tertiary/aromatic N) is 2. The molecule has 0 radical (unpaired) electrons. The molecule has 2 rings (SSSR count). The molecule has 1 aromatic carbocycles. The topological polar surface area (TPSA) is 32.5 Å². The molecule has 3 nitrogen and oxygen atoms in total. The number of hydrogen-bond donors (Lipinski definition) is 1. The van der Waals surface area contributed by atoms with E-state index in [0.29, 0.717) is 6.04 Å². The molecule has 1 heterocycles. The standard InChI is InChI=1S/C15H25N3/c1-17(2)14-8-5-6-13(10-14)12-18-9-4-3-7-15(18)11-16/h5-6,8,10,15H,3-4,7,9,11-12,16H2,1-2H3/t15-/m0/s1. The van der Waals surface area contributed by atoms with Crippen LogP contribution in [0.15, 0.2) is 24.3 Å². The second-order valence-electron chi connectivity index (χ2n) is 5.42. The lowest BCUT2D eigenvalue weighted by molar-refractivity contribution is 0.145. The minimum Gasteiger partial charge on any atom is -0.378 e.